The molecule has 0 spiro atoms. The molecule has 0 N–H and O–H groups in total. The Hall–Kier alpha value is -1.88. The first-order valence-electron chi connectivity index (χ1n) is 7.60. The molecule has 1 aromatic heterocycles. The Kier molecular flexibility index (Phi) is 4.43. The van der Waals surface area contributed by atoms with Crippen LogP contribution in [0.15, 0.2) is 30.5 Å². The van der Waals surface area contributed by atoms with Gasteiger partial charge < -0.3 is 9.64 Å². The molecule has 1 aliphatic rings. The van der Waals surface area contributed by atoms with Crippen LogP contribution in [-0.2, 0) is 13.0 Å². The van der Waals surface area contributed by atoms with E-state index in [0.717, 1.165) is 40.5 Å². The minimum atomic E-state index is 0.107. The highest BCUT2D eigenvalue weighted by Gasteiger charge is 2.33. The molecule has 0 bridgehead atoms. The van der Waals surface area contributed by atoms with Crippen molar-refractivity contribution in [1.82, 2.24) is 9.88 Å². The van der Waals surface area contributed by atoms with E-state index in [2.05, 4.69) is 11.9 Å². The third-order valence-corrected chi connectivity index (χ3v) is 4.96. The summed E-state index contributed by atoms with van der Waals surface area (Å²) in [4.78, 5) is 19.8. The van der Waals surface area contributed by atoms with E-state index in [1.54, 1.807) is 13.3 Å². The van der Waals surface area contributed by atoms with Crippen LogP contribution in [0.1, 0.15) is 40.0 Å². The molecule has 1 aliphatic carbocycles. The summed E-state index contributed by atoms with van der Waals surface area (Å²) in [5.74, 6) is 0.943. The van der Waals surface area contributed by atoms with Crippen LogP contribution in [0.25, 0.3) is 0 Å². The van der Waals surface area contributed by atoms with Gasteiger partial charge in [-0.25, -0.2) is 4.98 Å². The highest BCUT2D eigenvalue weighted by atomic mass is 32.1. The summed E-state index contributed by atoms with van der Waals surface area (Å²) in [6, 6.07) is 8.29. The summed E-state index contributed by atoms with van der Waals surface area (Å²) in [5.41, 5.74) is 1.13. The second-order valence-electron chi connectivity index (χ2n) is 5.48. The van der Waals surface area contributed by atoms with Gasteiger partial charge in [-0.2, -0.15) is 0 Å². The number of hydrogen-bond acceptors (Lipinski definition) is 4. The van der Waals surface area contributed by atoms with Crippen molar-refractivity contribution in [3.05, 3.63) is 45.9 Å². The second-order valence-corrected chi connectivity index (χ2v) is 6.60. The summed E-state index contributed by atoms with van der Waals surface area (Å²) >= 11 is 1.51. The van der Waals surface area contributed by atoms with Gasteiger partial charge in [0.2, 0.25) is 0 Å². The molecule has 0 saturated heterocycles. The number of methoxy groups -OCH3 is 1. The molecule has 1 heterocycles. The first-order valence-corrected chi connectivity index (χ1v) is 8.41. The summed E-state index contributed by atoms with van der Waals surface area (Å²) in [5, 5.41) is 1.02. The van der Waals surface area contributed by atoms with Gasteiger partial charge in [-0.05, 0) is 37.0 Å². The minimum absolute atomic E-state index is 0.107. The zero-order chi connectivity index (χ0) is 15.5. The Morgan fingerprint density at radius 3 is 2.64 bits per heavy atom. The van der Waals surface area contributed by atoms with Crippen molar-refractivity contribution in [1.29, 1.82) is 0 Å². The number of hydrogen-bond donors (Lipinski definition) is 0. The Labute approximate surface area is 134 Å². The van der Waals surface area contributed by atoms with Gasteiger partial charge >= 0.3 is 0 Å². The first-order chi connectivity index (χ1) is 10.7. The third-order valence-electron chi connectivity index (χ3n) is 3.83. The molecule has 0 aliphatic heterocycles. The molecule has 22 heavy (non-hydrogen) atoms. The first kappa shape index (κ1) is 15.0. The highest BCUT2D eigenvalue weighted by Crippen LogP contribution is 2.31. The van der Waals surface area contributed by atoms with Crippen LogP contribution >= 0.6 is 11.3 Å². The van der Waals surface area contributed by atoms with E-state index in [4.69, 9.17) is 4.74 Å². The lowest BCUT2D eigenvalue weighted by Crippen LogP contribution is -2.32. The van der Waals surface area contributed by atoms with Crippen LogP contribution in [0.2, 0.25) is 0 Å². The number of rotatable bonds is 6. The Balaban J connectivity index is 1.75. The van der Waals surface area contributed by atoms with E-state index < -0.39 is 0 Å². The lowest BCUT2D eigenvalue weighted by atomic mass is 10.2. The molecule has 0 unspecified atom stereocenters. The highest BCUT2D eigenvalue weighted by molar-refractivity contribution is 7.13. The summed E-state index contributed by atoms with van der Waals surface area (Å²) in [7, 11) is 1.66. The number of benzene rings is 1. The number of carbonyl (C=O) groups is 1. The van der Waals surface area contributed by atoms with Crippen molar-refractivity contribution in [3.8, 4) is 5.75 Å². The van der Waals surface area contributed by atoms with Crippen molar-refractivity contribution >= 4 is 17.2 Å². The fourth-order valence-corrected chi connectivity index (χ4v) is 3.21. The predicted octanol–water partition coefficient (Wildman–Crippen LogP) is 3.52. The zero-order valence-corrected chi connectivity index (χ0v) is 13.7. The SMILES string of the molecule is CCc1ncc(C(=O)N(Cc2ccc(OC)cc2)C2CC2)s1. The van der Waals surface area contributed by atoms with E-state index in [9.17, 15) is 4.79 Å². The van der Waals surface area contributed by atoms with Crippen molar-refractivity contribution in [2.75, 3.05) is 7.11 Å². The molecule has 2 aromatic rings. The topological polar surface area (TPSA) is 42.4 Å². The Morgan fingerprint density at radius 2 is 2.09 bits per heavy atom. The van der Waals surface area contributed by atoms with Gasteiger partial charge in [0.1, 0.15) is 10.6 Å². The normalized spacial score (nSPS) is 13.9. The number of ether oxygens (including phenoxy) is 1. The third kappa shape index (κ3) is 3.30. The molecule has 0 radical (unpaired) electrons. The predicted molar refractivity (Wildman–Crippen MR) is 87.4 cm³/mol. The molecular weight excluding hydrogens is 296 g/mol. The van der Waals surface area contributed by atoms with Crippen molar-refractivity contribution < 1.29 is 9.53 Å². The van der Waals surface area contributed by atoms with E-state index in [0.29, 0.717) is 12.6 Å². The van der Waals surface area contributed by atoms with Gasteiger partial charge in [-0.3, -0.25) is 4.79 Å². The lowest BCUT2D eigenvalue weighted by molar-refractivity contribution is 0.0734. The number of aromatic nitrogens is 1. The van der Waals surface area contributed by atoms with Gasteiger partial charge in [0, 0.05) is 12.6 Å². The maximum Gasteiger partial charge on any atom is 0.266 e. The number of thiazole rings is 1. The zero-order valence-electron chi connectivity index (χ0n) is 12.9. The van der Waals surface area contributed by atoms with E-state index in [1.807, 2.05) is 29.2 Å². The van der Waals surface area contributed by atoms with Crippen molar-refractivity contribution in [2.45, 2.75) is 38.8 Å². The summed E-state index contributed by atoms with van der Waals surface area (Å²) in [6.07, 6.45) is 4.79. The number of aryl methyl sites for hydroxylation is 1. The molecular formula is C17H20N2O2S. The molecule has 4 nitrogen and oxygen atoms in total. The second kappa shape index (κ2) is 6.48. The van der Waals surface area contributed by atoms with Crippen LogP contribution in [-0.4, -0.2) is 28.9 Å². The maximum absolute atomic E-state index is 12.8. The Bertz CT molecular complexity index is 647. The van der Waals surface area contributed by atoms with E-state index in [-0.39, 0.29) is 5.91 Å². The number of amides is 1. The Morgan fingerprint density at radius 1 is 1.36 bits per heavy atom. The average Bonchev–Trinajstić information content (AvgIpc) is 3.28. The standard InChI is InChI=1S/C17H20N2O2S/c1-3-16-18-10-15(22-16)17(20)19(13-6-7-13)11-12-4-8-14(21-2)9-5-12/h4-5,8-10,13H,3,6-7,11H2,1-2H3. The molecule has 1 saturated carbocycles. The van der Waals surface area contributed by atoms with Crippen LogP contribution in [0.3, 0.4) is 0 Å². The van der Waals surface area contributed by atoms with Gasteiger partial charge in [-0.15, -0.1) is 11.3 Å². The van der Waals surface area contributed by atoms with Crippen LogP contribution in [0, 0.1) is 0 Å². The monoisotopic (exact) mass is 316 g/mol. The van der Waals surface area contributed by atoms with Crippen molar-refractivity contribution in [3.63, 3.8) is 0 Å². The van der Waals surface area contributed by atoms with Crippen LogP contribution in [0.4, 0.5) is 0 Å². The molecule has 1 fully saturated rings. The molecule has 0 atom stereocenters. The van der Waals surface area contributed by atoms with Gasteiger partial charge in [0.05, 0.1) is 18.3 Å². The van der Waals surface area contributed by atoms with Gasteiger partial charge in [0.25, 0.3) is 5.91 Å². The van der Waals surface area contributed by atoms with E-state index in [1.165, 1.54) is 11.3 Å². The number of carbonyl (C=O) groups excluding carboxylic acids is 1. The average molecular weight is 316 g/mol. The quantitative estimate of drug-likeness (QED) is 0.819. The van der Waals surface area contributed by atoms with E-state index >= 15 is 0 Å². The summed E-state index contributed by atoms with van der Waals surface area (Å²) in [6.45, 7) is 2.70. The molecule has 1 amide bonds. The summed E-state index contributed by atoms with van der Waals surface area (Å²) < 4.78 is 5.18. The van der Waals surface area contributed by atoms with Crippen molar-refractivity contribution in [2.24, 2.45) is 0 Å². The fraction of sp³-hybridized carbons (Fsp3) is 0.412. The molecule has 1 aromatic carbocycles. The van der Waals surface area contributed by atoms with Gasteiger partial charge in [-0.1, -0.05) is 19.1 Å². The smallest absolute Gasteiger partial charge is 0.266 e. The largest absolute Gasteiger partial charge is 0.497 e. The lowest BCUT2D eigenvalue weighted by Gasteiger charge is -2.21. The molecule has 116 valence electrons. The van der Waals surface area contributed by atoms with Gasteiger partial charge in [0.15, 0.2) is 0 Å². The molecule has 3 rings (SSSR count). The minimum Gasteiger partial charge on any atom is -0.497 e. The maximum atomic E-state index is 12.8. The van der Waals surface area contributed by atoms with Crippen LogP contribution in [0.5, 0.6) is 5.75 Å². The fourth-order valence-electron chi connectivity index (χ4n) is 2.39. The number of nitrogens with zero attached hydrogens (tertiary/aromatic N) is 2. The molecule has 5 heteroatoms. The van der Waals surface area contributed by atoms with Crippen LogP contribution < -0.4 is 4.74 Å².